The number of amides is 3. The van der Waals surface area contributed by atoms with E-state index in [0.29, 0.717) is 0 Å². The summed E-state index contributed by atoms with van der Waals surface area (Å²) >= 11 is 0. The summed E-state index contributed by atoms with van der Waals surface area (Å²) in [5.74, 6) is -0.451. The molecule has 0 spiro atoms. The van der Waals surface area contributed by atoms with Gasteiger partial charge in [0.1, 0.15) is 0 Å². The van der Waals surface area contributed by atoms with Crippen molar-refractivity contribution in [3.8, 4) is 0 Å². The van der Waals surface area contributed by atoms with Gasteiger partial charge in [0.05, 0.1) is 11.8 Å². The zero-order valence-electron chi connectivity index (χ0n) is 16.3. The van der Waals surface area contributed by atoms with Gasteiger partial charge in [-0.3, -0.25) is 24.2 Å². The average Bonchev–Trinajstić information content (AvgIpc) is 3.24. The molecule has 3 amide bonds. The standard InChI is InChI=1S/C22H29N3O3/c26-20(11-13-25-21(27)18-8-4-5-9-19(18)22(25)28)23-17-10-12-24(15-17)14-16-6-2-1-3-7-16/h1-3,6-7,17-19H,4-5,8-15H2,(H,23,26)/t17-,18-,19+/m0/s1. The van der Waals surface area contributed by atoms with Crippen molar-refractivity contribution in [2.24, 2.45) is 11.8 Å². The van der Waals surface area contributed by atoms with Crippen LogP contribution in [0.1, 0.15) is 44.1 Å². The molecule has 6 heteroatoms. The summed E-state index contributed by atoms with van der Waals surface area (Å²) in [6, 6.07) is 10.5. The van der Waals surface area contributed by atoms with Crippen LogP contribution in [0.2, 0.25) is 0 Å². The Hall–Kier alpha value is -2.21. The number of carbonyl (C=O) groups is 3. The smallest absolute Gasteiger partial charge is 0.233 e. The Balaban J connectivity index is 1.22. The van der Waals surface area contributed by atoms with E-state index in [-0.39, 0.29) is 48.6 Å². The van der Waals surface area contributed by atoms with E-state index in [1.807, 2.05) is 18.2 Å². The predicted molar refractivity (Wildman–Crippen MR) is 105 cm³/mol. The Morgan fingerprint density at radius 1 is 1.00 bits per heavy atom. The van der Waals surface area contributed by atoms with Crippen molar-refractivity contribution >= 4 is 17.7 Å². The van der Waals surface area contributed by atoms with Crippen LogP contribution in [0.3, 0.4) is 0 Å². The summed E-state index contributed by atoms with van der Waals surface area (Å²) in [4.78, 5) is 41.0. The van der Waals surface area contributed by atoms with Crippen LogP contribution in [0.5, 0.6) is 0 Å². The van der Waals surface area contributed by atoms with Crippen LogP contribution in [0.25, 0.3) is 0 Å². The second-order valence-electron chi connectivity index (χ2n) is 8.35. The highest BCUT2D eigenvalue weighted by Crippen LogP contribution is 2.37. The van der Waals surface area contributed by atoms with E-state index in [1.54, 1.807) is 0 Å². The van der Waals surface area contributed by atoms with Crippen molar-refractivity contribution in [1.82, 2.24) is 15.1 Å². The van der Waals surface area contributed by atoms with Gasteiger partial charge in [-0.15, -0.1) is 0 Å². The van der Waals surface area contributed by atoms with Gasteiger partial charge in [-0.25, -0.2) is 0 Å². The first kappa shape index (κ1) is 19.1. The molecule has 1 aromatic rings. The molecule has 3 aliphatic rings. The Morgan fingerprint density at radius 2 is 1.68 bits per heavy atom. The van der Waals surface area contributed by atoms with Gasteiger partial charge in [0.2, 0.25) is 17.7 Å². The van der Waals surface area contributed by atoms with E-state index in [0.717, 1.165) is 51.7 Å². The minimum absolute atomic E-state index is 0.0580. The Labute approximate surface area is 166 Å². The number of carbonyl (C=O) groups excluding carboxylic acids is 3. The van der Waals surface area contributed by atoms with Crippen LogP contribution in [-0.4, -0.2) is 53.2 Å². The molecule has 1 saturated carbocycles. The molecule has 2 aliphatic heterocycles. The predicted octanol–water partition coefficient (Wildman–Crippen LogP) is 1.94. The third kappa shape index (κ3) is 4.12. The summed E-state index contributed by atoms with van der Waals surface area (Å²) < 4.78 is 0. The first-order valence-corrected chi connectivity index (χ1v) is 10.5. The van der Waals surface area contributed by atoms with E-state index in [1.165, 1.54) is 10.5 Å². The van der Waals surface area contributed by atoms with Crippen LogP contribution < -0.4 is 5.32 Å². The van der Waals surface area contributed by atoms with Crippen LogP contribution in [0, 0.1) is 11.8 Å². The Bertz CT molecular complexity index is 712. The third-order valence-corrected chi connectivity index (χ3v) is 6.38. The van der Waals surface area contributed by atoms with Crippen molar-refractivity contribution in [2.45, 2.75) is 51.1 Å². The monoisotopic (exact) mass is 383 g/mol. The summed E-state index contributed by atoms with van der Waals surface area (Å²) in [7, 11) is 0. The van der Waals surface area contributed by atoms with Gasteiger partial charge in [0, 0.05) is 38.6 Å². The molecular weight excluding hydrogens is 354 g/mol. The molecule has 1 aromatic carbocycles. The molecule has 1 N–H and O–H groups in total. The van der Waals surface area contributed by atoms with E-state index in [4.69, 9.17) is 0 Å². The zero-order valence-corrected chi connectivity index (χ0v) is 16.3. The lowest BCUT2D eigenvalue weighted by Crippen LogP contribution is -2.40. The molecule has 1 aliphatic carbocycles. The maximum absolute atomic E-state index is 12.5. The second kappa shape index (κ2) is 8.43. The molecule has 2 saturated heterocycles. The molecule has 3 atom stereocenters. The number of imide groups is 1. The third-order valence-electron chi connectivity index (χ3n) is 6.38. The van der Waals surface area contributed by atoms with Crippen molar-refractivity contribution in [2.75, 3.05) is 19.6 Å². The first-order valence-electron chi connectivity index (χ1n) is 10.5. The van der Waals surface area contributed by atoms with Crippen LogP contribution in [0.15, 0.2) is 30.3 Å². The van der Waals surface area contributed by atoms with Crippen molar-refractivity contribution in [1.29, 1.82) is 0 Å². The first-order chi connectivity index (χ1) is 13.6. The van der Waals surface area contributed by atoms with E-state index >= 15 is 0 Å². The van der Waals surface area contributed by atoms with Gasteiger partial charge >= 0.3 is 0 Å². The van der Waals surface area contributed by atoms with Crippen LogP contribution >= 0.6 is 0 Å². The number of nitrogens with zero attached hydrogens (tertiary/aromatic N) is 2. The topological polar surface area (TPSA) is 69.7 Å². The lowest BCUT2D eigenvalue weighted by Gasteiger charge is -2.19. The molecule has 2 heterocycles. The lowest BCUT2D eigenvalue weighted by molar-refractivity contribution is -0.140. The second-order valence-corrected chi connectivity index (χ2v) is 8.35. The number of nitrogens with one attached hydrogen (secondary N) is 1. The highest BCUT2D eigenvalue weighted by atomic mass is 16.2. The Morgan fingerprint density at radius 3 is 2.36 bits per heavy atom. The number of benzene rings is 1. The molecule has 6 nitrogen and oxygen atoms in total. The number of hydrogen-bond acceptors (Lipinski definition) is 4. The molecule has 0 aromatic heterocycles. The van der Waals surface area contributed by atoms with Crippen molar-refractivity contribution in [3.05, 3.63) is 35.9 Å². The van der Waals surface area contributed by atoms with Gasteiger partial charge in [-0.2, -0.15) is 0 Å². The fraction of sp³-hybridized carbons (Fsp3) is 0.591. The molecule has 0 unspecified atom stereocenters. The van der Waals surface area contributed by atoms with E-state index < -0.39 is 0 Å². The average molecular weight is 383 g/mol. The highest BCUT2D eigenvalue weighted by Gasteiger charge is 2.47. The zero-order chi connectivity index (χ0) is 19.5. The fourth-order valence-electron chi connectivity index (χ4n) is 4.90. The minimum atomic E-state index is -0.134. The van der Waals surface area contributed by atoms with Crippen LogP contribution in [0.4, 0.5) is 0 Å². The maximum atomic E-state index is 12.5. The molecule has 0 radical (unpaired) electrons. The SMILES string of the molecule is O=C(CCN1C(=O)[C@H]2CCCC[C@H]2C1=O)N[C@H]1CCN(Cc2ccccc2)C1. The summed E-state index contributed by atoms with van der Waals surface area (Å²) in [5.41, 5.74) is 1.28. The Kier molecular flexibility index (Phi) is 5.76. The number of likely N-dealkylation sites (tertiary alicyclic amines) is 2. The fourth-order valence-corrected chi connectivity index (χ4v) is 4.90. The van der Waals surface area contributed by atoms with Crippen molar-refractivity contribution < 1.29 is 14.4 Å². The van der Waals surface area contributed by atoms with Gasteiger partial charge < -0.3 is 5.32 Å². The summed E-state index contributed by atoms with van der Waals surface area (Å²) in [5, 5.41) is 3.08. The molecule has 28 heavy (non-hydrogen) atoms. The lowest BCUT2D eigenvalue weighted by atomic mass is 9.81. The number of hydrogen-bond donors (Lipinski definition) is 1. The number of rotatable bonds is 6. The van der Waals surface area contributed by atoms with Gasteiger partial charge in [-0.1, -0.05) is 43.2 Å². The minimum Gasteiger partial charge on any atom is -0.352 e. The summed E-state index contributed by atoms with van der Waals surface area (Å²) in [6.45, 7) is 2.92. The molecule has 3 fully saturated rings. The molecular formula is C22H29N3O3. The largest absolute Gasteiger partial charge is 0.352 e. The summed E-state index contributed by atoms with van der Waals surface area (Å²) in [6.07, 6.45) is 4.82. The van der Waals surface area contributed by atoms with Crippen LogP contribution in [-0.2, 0) is 20.9 Å². The van der Waals surface area contributed by atoms with E-state index in [9.17, 15) is 14.4 Å². The molecule has 4 rings (SSSR count). The van der Waals surface area contributed by atoms with Gasteiger partial charge in [0.25, 0.3) is 0 Å². The van der Waals surface area contributed by atoms with E-state index in [2.05, 4.69) is 22.3 Å². The quantitative estimate of drug-likeness (QED) is 0.763. The number of fused-ring (bicyclic) bond motifs is 1. The van der Waals surface area contributed by atoms with Crippen molar-refractivity contribution in [3.63, 3.8) is 0 Å². The maximum Gasteiger partial charge on any atom is 0.233 e. The highest BCUT2D eigenvalue weighted by molar-refractivity contribution is 6.05. The van der Waals surface area contributed by atoms with Gasteiger partial charge in [-0.05, 0) is 24.8 Å². The van der Waals surface area contributed by atoms with Gasteiger partial charge in [0.15, 0.2) is 0 Å². The molecule has 0 bridgehead atoms. The molecule has 150 valence electrons. The normalized spacial score (nSPS) is 27.9.